The van der Waals surface area contributed by atoms with E-state index in [0.717, 1.165) is 11.3 Å². The second kappa shape index (κ2) is 8.68. The maximum Gasteiger partial charge on any atom is 0.264 e. The normalized spacial score (nSPS) is 11.2. The molecule has 0 radical (unpaired) electrons. The molecule has 0 unspecified atom stereocenters. The van der Waals surface area contributed by atoms with Crippen molar-refractivity contribution in [3.05, 3.63) is 102 Å². The average molecular weight is 447 g/mol. The number of hydrogen-bond acceptors (Lipinski definition) is 4. The van der Waals surface area contributed by atoms with Gasteiger partial charge in [-0.3, -0.25) is 9.10 Å². The molecular weight excluding hydrogens is 424 g/mol. The van der Waals surface area contributed by atoms with Gasteiger partial charge >= 0.3 is 0 Å². The molecule has 1 aromatic heterocycles. The summed E-state index contributed by atoms with van der Waals surface area (Å²) in [5.41, 5.74) is 2.71. The number of hydrogen-bond donors (Lipinski definition) is 1. The zero-order chi connectivity index (χ0) is 22.7. The van der Waals surface area contributed by atoms with E-state index in [0.29, 0.717) is 17.1 Å². The molecule has 0 aliphatic rings. The second-order valence-corrected chi connectivity index (χ2v) is 9.24. The largest absolute Gasteiger partial charge is 0.305 e. The van der Waals surface area contributed by atoms with Crippen LogP contribution in [0.15, 0.2) is 96.0 Å². The molecule has 7 nitrogen and oxygen atoms in total. The summed E-state index contributed by atoms with van der Waals surface area (Å²) >= 11 is 0. The Balaban J connectivity index is 1.47. The van der Waals surface area contributed by atoms with Crippen molar-refractivity contribution in [2.24, 2.45) is 0 Å². The van der Waals surface area contributed by atoms with Gasteiger partial charge in [0.2, 0.25) is 0 Å². The summed E-state index contributed by atoms with van der Waals surface area (Å²) in [5.74, 6) is 0.0842. The van der Waals surface area contributed by atoms with Gasteiger partial charge in [-0.15, -0.1) is 0 Å². The molecule has 0 bridgehead atoms. The van der Waals surface area contributed by atoms with Gasteiger partial charge in [-0.1, -0.05) is 35.9 Å². The summed E-state index contributed by atoms with van der Waals surface area (Å²) in [4.78, 5) is 12.8. The molecule has 0 aliphatic heterocycles. The van der Waals surface area contributed by atoms with E-state index in [1.165, 1.54) is 11.4 Å². The van der Waals surface area contributed by atoms with Crippen LogP contribution in [0.25, 0.3) is 5.69 Å². The number of carbonyl (C=O) groups excluding carboxylic acids is 1. The molecule has 0 spiro atoms. The van der Waals surface area contributed by atoms with E-state index in [2.05, 4.69) is 10.4 Å². The number of benzene rings is 3. The van der Waals surface area contributed by atoms with Gasteiger partial charge in [0.25, 0.3) is 15.9 Å². The van der Waals surface area contributed by atoms with E-state index in [-0.39, 0.29) is 10.8 Å². The molecule has 8 heteroatoms. The molecule has 0 fully saturated rings. The fourth-order valence-electron chi connectivity index (χ4n) is 3.13. The Morgan fingerprint density at radius 2 is 1.56 bits per heavy atom. The Morgan fingerprint density at radius 3 is 2.22 bits per heavy atom. The molecule has 4 rings (SSSR count). The topological polar surface area (TPSA) is 84.3 Å². The summed E-state index contributed by atoms with van der Waals surface area (Å²) in [5, 5.41) is 7.12. The minimum absolute atomic E-state index is 0.210. The minimum atomic E-state index is -3.69. The van der Waals surface area contributed by atoms with E-state index >= 15 is 0 Å². The molecule has 32 heavy (non-hydrogen) atoms. The van der Waals surface area contributed by atoms with Gasteiger partial charge in [0.1, 0.15) is 0 Å². The van der Waals surface area contributed by atoms with Crippen molar-refractivity contribution < 1.29 is 13.2 Å². The smallest absolute Gasteiger partial charge is 0.264 e. The third-order valence-corrected chi connectivity index (χ3v) is 6.82. The van der Waals surface area contributed by atoms with Crippen molar-refractivity contribution in [2.75, 3.05) is 16.7 Å². The second-order valence-electron chi connectivity index (χ2n) is 7.27. The molecule has 3 aromatic carbocycles. The Kier molecular flexibility index (Phi) is 5.79. The van der Waals surface area contributed by atoms with Crippen LogP contribution in [-0.4, -0.2) is 31.2 Å². The highest BCUT2D eigenvalue weighted by Crippen LogP contribution is 2.23. The van der Waals surface area contributed by atoms with Gasteiger partial charge in [-0.05, 0) is 55.5 Å². The fourth-order valence-corrected chi connectivity index (χ4v) is 4.33. The first-order valence-electron chi connectivity index (χ1n) is 9.93. The Labute approximate surface area is 187 Å². The summed E-state index contributed by atoms with van der Waals surface area (Å²) in [7, 11) is -2.21. The lowest BCUT2D eigenvalue weighted by Gasteiger charge is -2.20. The van der Waals surface area contributed by atoms with E-state index < -0.39 is 10.0 Å². The quantitative estimate of drug-likeness (QED) is 0.480. The number of sulfonamides is 1. The lowest BCUT2D eigenvalue weighted by Crippen LogP contribution is -2.26. The summed E-state index contributed by atoms with van der Waals surface area (Å²) < 4.78 is 28.6. The zero-order valence-electron chi connectivity index (χ0n) is 17.6. The lowest BCUT2D eigenvalue weighted by molar-refractivity contribution is 0.102. The maximum atomic E-state index is 12.9. The number of anilines is 2. The molecule has 162 valence electrons. The predicted octanol–water partition coefficient (Wildman–Crippen LogP) is 4.26. The molecule has 1 N–H and O–H groups in total. The van der Waals surface area contributed by atoms with E-state index in [1.54, 1.807) is 65.5 Å². The molecule has 0 saturated carbocycles. The van der Waals surface area contributed by atoms with Crippen LogP contribution in [0.4, 0.5) is 11.5 Å². The van der Waals surface area contributed by atoms with E-state index in [4.69, 9.17) is 0 Å². The monoisotopic (exact) mass is 446 g/mol. The van der Waals surface area contributed by atoms with Crippen molar-refractivity contribution in [1.29, 1.82) is 0 Å². The van der Waals surface area contributed by atoms with Crippen LogP contribution >= 0.6 is 0 Å². The van der Waals surface area contributed by atoms with Crippen molar-refractivity contribution in [3.63, 3.8) is 0 Å². The van der Waals surface area contributed by atoms with Gasteiger partial charge in [0.05, 0.1) is 16.3 Å². The van der Waals surface area contributed by atoms with Crippen molar-refractivity contribution in [1.82, 2.24) is 9.78 Å². The molecule has 0 atom stereocenters. The zero-order valence-corrected chi connectivity index (χ0v) is 18.5. The van der Waals surface area contributed by atoms with Gasteiger partial charge in [0.15, 0.2) is 5.82 Å². The minimum Gasteiger partial charge on any atom is -0.305 e. The number of aromatic nitrogens is 2. The molecule has 0 aliphatic carbocycles. The predicted molar refractivity (Wildman–Crippen MR) is 125 cm³/mol. The van der Waals surface area contributed by atoms with E-state index in [9.17, 15) is 13.2 Å². The lowest BCUT2D eigenvalue weighted by atomic mass is 10.2. The molecule has 1 amide bonds. The number of nitrogens with zero attached hydrogens (tertiary/aromatic N) is 3. The maximum absolute atomic E-state index is 12.9. The molecule has 1 heterocycles. The molecular formula is C24H22N4O3S. The van der Waals surface area contributed by atoms with Gasteiger partial charge in [-0.25, -0.2) is 13.1 Å². The van der Waals surface area contributed by atoms with Crippen molar-refractivity contribution in [2.45, 2.75) is 11.8 Å². The first-order valence-corrected chi connectivity index (χ1v) is 11.4. The summed E-state index contributed by atoms with van der Waals surface area (Å²) in [6.45, 7) is 1.90. The van der Waals surface area contributed by atoms with E-state index in [1.807, 2.05) is 37.3 Å². The highest BCUT2D eigenvalue weighted by molar-refractivity contribution is 7.92. The fraction of sp³-hybridized carbons (Fsp3) is 0.0833. The first-order chi connectivity index (χ1) is 15.3. The van der Waals surface area contributed by atoms with Crippen molar-refractivity contribution in [3.8, 4) is 5.69 Å². The number of nitrogens with one attached hydrogen (secondary N) is 1. The third-order valence-electron chi connectivity index (χ3n) is 5.02. The Morgan fingerprint density at radius 1 is 0.906 bits per heavy atom. The van der Waals surface area contributed by atoms with Crippen molar-refractivity contribution >= 4 is 27.4 Å². The SMILES string of the molecule is Cc1ccc(S(=O)(=O)N(C)c2ccc(C(=O)Nc3ccn(-c4ccccc4)n3)cc2)cc1. The van der Waals surface area contributed by atoms with Crippen LogP contribution in [0.3, 0.4) is 0 Å². The first kappa shape index (κ1) is 21.3. The Bertz CT molecular complexity index is 1330. The number of amides is 1. The van der Waals surface area contributed by atoms with Gasteiger partial charge < -0.3 is 5.32 Å². The van der Waals surface area contributed by atoms with Crippen LogP contribution in [0.2, 0.25) is 0 Å². The van der Waals surface area contributed by atoms with Gasteiger partial charge in [0, 0.05) is 24.9 Å². The Hall–Kier alpha value is -3.91. The third kappa shape index (κ3) is 4.40. The highest BCUT2D eigenvalue weighted by atomic mass is 32.2. The van der Waals surface area contributed by atoms with Crippen LogP contribution in [0.1, 0.15) is 15.9 Å². The molecule has 0 saturated heterocycles. The highest BCUT2D eigenvalue weighted by Gasteiger charge is 2.21. The van der Waals surface area contributed by atoms with Crippen LogP contribution < -0.4 is 9.62 Å². The average Bonchev–Trinajstić information content (AvgIpc) is 3.28. The van der Waals surface area contributed by atoms with Crippen LogP contribution in [0.5, 0.6) is 0 Å². The number of para-hydroxylation sites is 1. The number of aryl methyl sites for hydroxylation is 1. The molecule has 4 aromatic rings. The number of rotatable bonds is 6. The summed E-state index contributed by atoms with van der Waals surface area (Å²) in [6, 6.07) is 24.3. The van der Waals surface area contributed by atoms with Crippen LogP contribution in [0, 0.1) is 6.92 Å². The van der Waals surface area contributed by atoms with Gasteiger partial charge in [-0.2, -0.15) is 5.10 Å². The summed E-state index contributed by atoms with van der Waals surface area (Å²) in [6.07, 6.45) is 1.76. The van der Waals surface area contributed by atoms with Crippen LogP contribution in [-0.2, 0) is 10.0 Å². The standard InChI is InChI=1S/C24H22N4O3S/c1-18-8-14-22(15-9-18)32(30,31)27(2)20-12-10-19(11-13-20)24(29)25-23-16-17-28(26-23)21-6-4-3-5-7-21/h3-17H,1-2H3,(H,25,26,29). The number of carbonyl (C=O) groups is 1.